The zero-order chi connectivity index (χ0) is 22.5. The Morgan fingerprint density at radius 3 is 2.69 bits per heavy atom. The maximum atomic E-state index is 12.7. The summed E-state index contributed by atoms with van der Waals surface area (Å²) < 4.78 is 5.79. The van der Waals surface area contributed by atoms with Crippen molar-refractivity contribution in [3.63, 3.8) is 0 Å². The number of rotatable bonds is 6. The van der Waals surface area contributed by atoms with E-state index in [0.29, 0.717) is 17.3 Å². The SMILES string of the molecule is O=C(Nc1cccc([N+](=O)[O-])c1)OC(CN1CCCc2ccccc21)c1ccc(Cl)cc1. The van der Waals surface area contributed by atoms with Gasteiger partial charge in [0.15, 0.2) is 0 Å². The number of carbonyl (C=O) groups is 1. The minimum Gasteiger partial charge on any atom is -0.439 e. The number of hydrogen-bond acceptors (Lipinski definition) is 5. The summed E-state index contributed by atoms with van der Waals surface area (Å²) in [5.74, 6) is 0. The molecule has 1 N–H and O–H groups in total. The zero-order valence-electron chi connectivity index (χ0n) is 17.2. The maximum absolute atomic E-state index is 12.7. The monoisotopic (exact) mass is 451 g/mol. The van der Waals surface area contributed by atoms with Gasteiger partial charge in [-0.05, 0) is 48.2 Å². The first-order chi connectivity index (χ1) is 15.5. The van der Waals surface area contributed by atoms with Gasteiger partial charge in [0, 0.05) is 29.4 Å². The minimum atomic E-state index is -0.684. The van der Waals surface area contributed by atoms with Gasteiger partial charge in [-0.25, -0.2) is 4.79 Å². The predicted octanol–water partition coefficient (Wildman–Crippen LogP) is 5.99. The van der Waals surface area contributed by atoms with Crippen molar-refractivity contribution in [3.05, 3.63) is 99.1 Å². The summed E-state index contributed by atoms with van der Waals surface area (Å²) in [6, 6.07) is 21.2. The molecule has 0 bridgehead atoms. The van der Waals surface area contributed by atoms with Gasteiger partial charge >= 0.3 is 6.09 Å². The summed E-state index contributed by atoms with van der Waals surface area (Å²) in [5.41, 5.74) is 3.41. The summed E-state index contributed by atoms with van der Waals surface area (Å²) in [5, 5.41) is 14.2. The van der Waals surface area contributed by atoms with Crippen LogP contribution >= 0.6 is 11.6 Å². The Kier molecular flexibility index (Phi) is 6.56. The number of amides is 1. The number of nitrogens with one attached hydrogen (secondary N) is 1. The molecule has 0 fully saturated rings. The van der Waals surface area contributed by atoms with Gasteiger partial charge in [-0.2, -0.15) is 0 Å². The highest BCUT2D eigenvalue weighted by Crippen LogP contribution is 2.30. The second kappa shape index (κ2) is 9.70. The molecule has 0 radical (unpaired) electrons. The van der Waals surface area contributed by atoms with E-state index >= 15 is 0 Å². The fraction of sp³-hybridized carbons (Fsp3) is 0.208. The van der Waals surface area contributed by atoms with Crippen LogP contribution in [0.15, 0.2) is 72.8 Å². The van der Waals surface area contributed by atoms with Crippen molar-refractivity contribution in [3.8, 4) is 0 Å². The topological polar surface area (TPSA) is 84.7 Å². The van der Waals surface area contributed by atoms with Crippen LogP contribution in [0.1, 0.15) is 23.7 Å². The lowest BCUT2D eigenvalue weighted by molar-refractivity contribution is -0.384. The van der Waals surface area contributed by atoms with Crippen LogP contribution in [-0.2, 0) is 11.2 Å². The van der Waals surface area contributed by atoms with Crippen LogP contribution < -0.4 is 10.2 Å². The third-order valence-corrected chi connectivity index (χ3v) is 5.64. The molecule has 32 heavy (non-hydrogen) atoms. The molecule has 1 amide bonds. The van der Waals surface area contributed by atoms with Crippen molar-refractivity contribution >= 4 is 34.8 Å². The van der Waals surface area contributed by atoms with Gasteiger partial charge in [0.2, 0.25) is 0 Å². The van der Waals surface area contributed by atoms with Crippen LogP contribution in [-0.4, -0.2) is 24.1 Å². The number of para-hydroxylation sites is 1. The number of nitro benzene ring substituents is 1. The number of benzene rings is 3. The first kappa shape index (κ1) is 21.6. The molecule has 1 heterocycles. The summed E-state index contributed by atoms with van der Waals surface area (Å²) in [6.07, 6.45) is 0.796. The molecule has 0 aliphatic carbocycles. The molecule has 1 unspecified atom stereocenters. The lowest BCUT2D eigenvalue weighted by Gasteiger charge is -2.34. The normalized spacial score (nSPS) is 13.7. The van der Waals surface area contributed by atoms with E-state index in [1.165, 1.54) is 23.8 Å². The van der Waals surface area contributed by atoms with Crippen molar-refractivity contribution < 1.29 is 14.5 Å². The molecular formula is C24H22ClN3O4. The van der Waals surface area contributed by atoms with Crippen LogP contribution in [0.25, 0.3) is 0 Å². The van der Waals surface area contributed by atoms with E-state index in [1.54, 1.807) is 18.2 Å². The fourth-order valence-corrected chi connectivity index (χ4v) is 3.99. The molecule has 7 nitrogen and oxygen atoms in total. The molecule has 8 heteroatoms. The smallest absolute Gasteiger partial charge is 0.412 e. The molecule has 0 spiro atoms. The number of ether oxygens (including phenoxy) is 1. The third-order valence-electron chi connectivity index (χ3n) is 5.39. The Bertz CT molecular complexity index is 1120. The van der Waals surface area contributed by atoms with E-state index in [9.17, 15) is 14.9 Å². The zero-order valence-corrected chi connectivity index (χ0v) is 18.0. The lowest BCUT2D eigenvalue weighted by Crippen LogP contribution is -2.35. The molecule has 0 saturated carbocycles. The number of non-ortho nitro benzene ring substituents is 1. The maximum Gasteiger partial charge on any atom is 0.412 e. The highest BCUT2D eigenvalue weighted by molar-refractivity contribution is 6.30. The standard InChI is InChI=1S/C24H22ClN3O4/c25-19-12-10-18(11-13-19)23(16-27-14-4-6-17-5-1-2-9-22(17)27)32-24(29)26-20-7-3-8-21(15-20)28(30)31/h1-3,5,7-13,15,23H,4,6,14,16H2,(H,26,29). The number of anilines is 2. The molecule has 4 rings (SSSR count). The fourth-order valence-electron chi connectivity index (χ4n) is 3.86. The summed E-state index contributed by atoms with van der Waals surface area (Å²) in [7, 11) is 0. The van der Waals surface area contributed by atoms with Gasteiger partial charge in [0.25, 0.3) is 5.69 Å². The Hall–Kier alpha value is -3.58. The Morgan fingerprint density at radius 2 is 1.91 bits per heavy atom. The van der Waals surface area contributed by atoms with Crippen LogP contribution in [0.2, 0.25) is 5.02 Å². The Labute approximate surface area is 190 Å². The highest BCUT2D eigenvalue weighted by atomic mass is 35.5. The minimum absolute atomic E-state index is 0.109. The van der Waals surface area contributed by atoms with Gasteiger partial charge < -0.3 is 9.64 Å². The lowest BCUT2D eigenvalue weighted by atomic mass is 10.0. The quantitative estimate of drug-likeness (QED) is 0.367. The number of aryl methyl sites for hydroxylation is 1. The second-order valence-corrected chi connectivity index (χ2v) is 7.99. The Morgan fingerprint density at radius 1 is 1.12 bits per heavy atom. The number of nitro groups is 1. The van der Waals surface area contributed by atoms with E-state index in [4.69, 9.17) is 16.3 Å². The second-order valence-electron chi connectivity index (χ2n) is 7.56. The number of halogens is 1. The molecule has 3 aromatic rings. The van der Waals surface area contributed by atoms with Gasteiger partial charge in [-0.3, -0.25) is 15.4 Å². The number of hydrogen-bond donors (Lipinski definition) is 1. The van der Waals surface area contributed by atoms with E-state index in [2.05, 4.69) is 22.3 Å². The molecule has 0 saturated heterocycles. The molecule has 1 aliphatic rings. The summed E-state index contributed by atoms with van der Waals surface area (Å²) >= 11 is 6.04. The van der Waals surface area contributed by atoms with E-state index < -0.39 is 17.1 Å². The van der Waals surface area contributed by atoms with Crippen molar-refractivity contribution in [2.75, 3.05) is 23.3 Å². The van der Waals surface area contributed by atoms with Crippen LogP contribution in [0.4, 0.5) is 21.9 Å². The van der Waals surface area contributed by atoms with Crippen molar-refractivity contribution in [2.45, 2.75) is 18.9 Å². The van der Waals surface area contributed by atoms with Gasteiger partial charge in [0.1, 0.15) is 6.10 Å². The van der Waals surface area contributed by atoms with E-state index in [1.807, 2.05) is 24.3 Å². The van der Waals surface area contributed by atoms with Crippen molar-refractivity contribution in [1.82, 2.24) is 0 Å². The highest BCUT2D eigenvalue weighted by Gasteiger charge is 2.24. The first-order valence-electron chi connectivity index (χ1n) is 10.3. The number of nitrogens with zero attached hydrogens (tertiary/aromatic N) is 2. The number of fused-ring (bicyclic) bond motifs is 1. The molecular weight excluding hydrogens is 430 g/mol. The predicted molar refractivity (Wildman–Crippen MR) is 124 cm³/mol. The van der Waals surface area contributed by atoms with Crippen LogP contribution in [0.5, 0.6) is 0 Å². The van der Waals surface area contributed by atoms with E-state index in [0.717, 1.165) is 30.6 Å². The number of carbonyl (C=O) groups excluding carboxylic acids is 1. The molecule has 1 atom stereocenters. The van der Waals surface area contributed by atoms with Crippen molar-refractivity contribution in [1.29, 1.82) is 0 Å². The van der Waals surface area contributed by atoms with Crippen LogP contribution in [0, 0.1) is 10.1 Å². The molecule has 164 valence electrons. The molecule has 1 aliphatic heterocycles. The van der Waals surface area contributed by atoms with Gasteiger partial charge in [-0.1, -0.05) is 48.0 Å². The largest absolute Gasteiger partial charge is 0.439 e. The van der Waals surface area contributed by atoms with E-state index in [-0.39, 0.29) is 5.69 Å². The third kappa shape index (κ3) is 5.18. The molecule has 3 aromatic carbocycles. The average Bonchev–Trinajstić information content (AvgIpc) is 2.79. The van der Waals surface area contributed by atoms with Gasteiger partial charge in [0.05, 0.1) is 17.2 Å². The summed E-state index contributed by atoms with van der Waals surface area (Å²) in [6.45, 7) is 1.33. The average molecular weight is 452 g/mol. The Balaban J connectivity index is 1.54. The van der Waals surface area contributed by atoms with Crippen LogP contribution in [0.3, 0.4) is 0 Å². The van der Waals surface area contributed by atoms with Crippen molar-refractivity contribution in [2.24, 2.45) is 0 Å². The molecule has 0 aromatic heterocycles. The van der Waals surface area contributed by atoms with Gasteiger partial charge in [-0.15, -0.1) is 0 Å². The first-order valence-corrected chi connectivity index (χ1v) is 10.7. The summed E-state index contributed by atoms with van der Waals surface area (Å²) in [4.78, 5) is 25.4.